The van der Waals surface area contributed by atoms with E-state index >= 15 is 0 Å². The van der Waals surface area contributed by atoms with Gasteiger partial charge < -0.3 is 19.4 Å². The van der Waals surface area contributed by atoms with E-state index in [1.54, 1.807) is 0 Å². The molecule has 0 aliphatic carbocycles. The normalized spacial score (nSPS) is 13.5. The van der Waals surface area contributed by atoms with Crippen molar-refractivity contribution >= 4 is 5.97 Å². The molecule has 1 rings (SSSR count). The summed E-state index contributed by atoms with van der Waals surface area (Å²) in [7, 11) is 3.03. The van der Waals surface area contributed by atoms with Crippen LogP contribution in [0.1, 0.15) is 24.3 Å². The molecule has 0 amide bonds. The van der Waals surface area contributed by atoms with Crippen LogP contribution in [0.5, 0.6) is 0 Å². The van der Waals surface area contributed by atoms with Gasteiger partial charge >= 0.3 is 0 Å². The van der Waals surface area contributed by atoms with Crippen molar-refractivity contribution in [2.75, 3.05) is 14.2 Å². The third-order valence-corrected chi connectivity index (χ3v) is 3.24. The number of ether oxygens (including phenoxy) is 2. The molecule has 0 spiro atoms. The van der Waals surface area contributed by atoms with Crippen LogP contribution in [0, 0.1) is 0 Å². The number of rotatable bonds is 9. The summed E-state index contributed by atoms with van der Waals surface area (Å²) in [6, 6.07) is 8.13. The van der Waals surface area contributed by atoms with E-state index in [1.165, 1.54) is 14.2 Å². The second kappa shape index (κ2) is 8.97. The van der Waals surface area contributed by atoms with Gasteiger partial charge in [-0.1, -0.05) is 35.4 Å². The Balaban J connectivity index is 2.95. The quantitative estimate of drug-likeness (QED) is 0.298. The summed E-state index contributed by atoms with van der Waals surface area (Å²) < 4.78 is 10.3. The minimum atomic E-state index is -1.39. The lowest BCUT2D eigenvalue weighted by molar-refractivity contribution is -0.307. The molecule has 0 bridgehead atoms. The first-order chi connectivity index (χ1) is 10.1. The van der Waals surface area contributed by atoms with Crippen LogP contribution in [0.25, 0.3) is 10.4 Å². The van der Waals surface area contributed by atoms with Gasteiger partial charge in [0.1, 0.15) is 0 Å². The second-order valence-electron chi connectivity index (χ2n) is 4.52. The Morgan fingerprint density at radius 1 is 1.29 bits per heavy atom. The van der Waals surface area contributed by atoms with Crippen LogP contribution in [0.4, 0.5) is 0 Å². The van der Waals surface area contributed by atoms with Crippen molar-refractivity contribution in [3.8, 4) is 0 Å². The van der Waals surface area contributed by atoms with Gasteiger partial charge in [0.2, 0.25) is 0 Å². The van der Waals surface area contributed by atoms with Gasteiger partial charge in [-0.2, -0.15) is 0 Å². The minimum absolute atomic E-state index is 0.125. The average molecular weight is 292 g/mol. The Hall–Kier alpha value is -2.08. The van der Waals surface area contributed by atoms with Gasteiger partial charge in [-0.3, -0.25) is 0 Å². The maximum atomic E-state index is 11.0. The van der Waals surface area contributed by atoms with Crippen molar-refractivity contribution in [1.82, 2.24) is 0 Å². The molecule has 0 radical (unpaired) electrons. The van der Waals surface area contributed by atoms with Gasteiger partial charge in [0.05, 0.1) is 12.0 Å². The Labute approximate surface area is 123 Å². The fraction of sp³-hybridized carbons (Fsp3) is 0.500. The first kappa shape index (κ1) is 17.0. The molecule has 0 aliphatic rings. The smallest absolute Gasteiger partial charge is 0.157 e. The second-order valence-corrected chi connectivity index (χ2v) is 4.52. The highest BCUT2D eigenvalue weighted by Gasteiger charge is 2.22. The Morgan fingerprint density at radius 2 is 1.90 bits per heavy atom. The SMILES string of the molecule is COC(CC(CC(N=[N+]=[N-])C(=O)[O-])c1ccccc1)OC. The molecule has 7 heteroatoms. The van der Waals surface area contributed by atoms with E-state index in [0.717, 1.165) is 5.56 Å². The third kappa shape index (κ3) is 5.43. The zero-order valence-electron chi connectivity index (χ0n) is 12.0. The molecule has 7 nitrogen and oxygen atoms in total. The molecule has 0 saturated heterocycles. The minimum Gasteiger partial charge on any atom is -0.550 e. The standard InChI is InChI=1S/C14H19N3O4/c1-20-13(21-2)9-11(10-6-4-3-5-7-10)8-12(14(18)19)16-17-15/h3-7,11-13H,8-9H2,1-2H3,(H,18,19)/p-1. The van der Waals surface area contributed by atoms with Crippen molar-refractivity contribution in [2.24, 2.45) is 5.11 Å². The zero-order chi connectivity index (χ0) is 15.7. The van der Waals surface area contributed by atoms with Gasteiger partial charge in [0.15, 0.2) is 6.29 Å². The highest BCUT2D eigenvalue weighted by Crippen LogP contribution is 2.28. The number of carbonyl (C=O) groups excluding carboxylic acids is 1. The van der Waals surface area contributed by atoms with Gasteiger partial charge in [-0.15, -0.1) is 0 Å². The van der Waals surface area contributed by atoms with E-state index in [-0.39, 0.29) is 12.3 Å². The summed E-state index contributed by atoms with van der Waals surface area (Å²) in [4.78, 5) is 13.6. The zero-order valence-corrected chi connectivity index (χ0v) is 12.0. The molecule has 0 aliphatic heterocycles. The number of hydrogen-bond acceptors (Lipinski definition) is 5. The summed E-state index contributed by atoms with van der Waals surface area (Å²) >= 11 is 0. The lowest BCUT2D eigenvalue weighted by Gasteiger charge is -2.25. The van der Waals surface area contributed by atoms with Crippen molar-refractivity contribution in [2.45, 2.75) is 31.1 Å². The number of carboxylic acids is 1. The van der Waals surface area contributed by atoms with Gasteiger partial charge in [-0.05, 0) is 23.4 Å². The summed E-state index contributed by atoms with van der Waals surface area (Å²) in [5.74, 6) is -1.58. The lowest BCUT2D eigenvalue weighted by atomic mass is 9.89. The molecule has 0 fully saturated rings. The fourth-order valence-electron chi connectivity index (χ4n) is 2.14. The topological polar surface area (TPSA) is 107 Å². The van der Waals surface area contributed by atoms with Crippen LogP contribution >= 0.6 is 0 Å². The molecule has 0 saturated carbocycles. The summed E-state index contributed by atoms with van der Waals surface area (Å²) in [5.41, 5.74) is 9.39. The van der Waals surface area contributed by atoms with Crippen molar-refractivity contribution < 1.29 is 19.4 Å². The molecular weight excluding hydrogens is 274 g/mol. The first-order valence-electron chi connectivity index (χ1n) is 6.48. The average Bonchev–Trinajstić information content (AvgIpc) is 2.51. The lowest BCUT2D eigenvalue weighted by Crippen LogP contribution is -2.35. The number of aliphatic carboxylic acids is 1. The van der Waals surface area contributed by atoms with Gasteiger partial charge in [0, 0.05) is 25.6 Å². The van der Waals surface area contributed by atoms with Crippen molar-refractivity contribution in [3.63, 3.8) is 0 Å². The maximum absolute atomic E-state index is 11.0. The summed E-state index contributed by atoms with van der Waals surface area (Å²) in [6.45, 7) is 0. The number of azide groups is 1. The van der Waals surface area contributed by atoms with Crippen LogP contribution in [-0.2, 0) is 14.3 Å². The number of nitrogens with zero attached hydrogens (tertiary/aromatic N) is 3. The number of carbonyl (C=O) groups is 1. The number of benzene rings is 1. The maximum Gasteiger partial charge on any atom is 0.157 e. The molecule has 2 unspecified atom stereocenters. The van der Waals surface area contributed by atoms with E-state index in [0.29, 0.717) is 6.42 Å². The molecule has 21 heavy (non-hydrogen) atoms. The Morgan fingerprint density at radius 3 is 2.38 bits per heavy atom. The van der Waals surface area contributed by atoms with Gasteiger partial charge in [0.25, 0.3) is 0 Å². The highest BCUT2D eigenvalue weighted by atomic mass is 16.7. The summed E-state index contributed by atoms with van der Waals surface area (Å²) in [6.07, 6.45) is 0.102. The van der Waals surface area contributed by atoms with Crippen molar-refractivity contribution in [3.05, 3.63) is 46.3 Å². The van der Waals surface area contributed by atoms with Crippen LogP contribution in [-0.4, -0.2) is 32.5 Å². The molecule has 1 aromatic carbocycles. The van der Waals surface area contributed by atoms with Crippen molar-refractivity contribution in [1.29, 1.82) is 0 Å². The Kier molecular flexibility index (Phi) is 7.25. The van der Waals surface area contributed by atoms with Gasteiger partial charge in [-0.25, -0.2) is 0 Å². The highest BCUT2D eigenvalue weighted by molar-refractivity contribution is 5.71. The molecule has 1 aromatic rings. The van der Waals surface area contributed by atoms with Crippen LogP contribution < -0.4 is 5.11 Å². The predicted octanol–water partition coefficient (Wildman–Crippen LogP) is 1.60. The monoisotopic (exact) mass is 292 g/mol. The van der Waals surface area contributed by atoms with Crippen LogP contribution in [0.2, 0.25) is 0 Å². The molecule has 0 heterocycles. The third-order valence-electron chi connectivity index (χ3n) is 3.24. The van der Waals surface area contributed by atoms with E-state index < -0.39 is 18.3 Å². The van der Waals surface area contributed by atoms with E-state index in [4.69, 9.17) is 15.0 Å². The number of hydrogen-bond donors (Lipinski definition) is 0. The van der Waals surface area contributed by atoms with E-state index in [1.807, 2.05) is 30.3 Å². The van der Waals surface area contributed by atoms with Crippen LogP contribution in [0.15, 0.2) is 35.4 Å². The van der Waals surface area contributed by atoms with E-state index in [2.05, 4.69) is 10.0 Å². The molecule has 2 atom stereocenters. The van der Waals surface area contributed by atoms with E-state index in [9.17, 15) is 9.90 Å². The summed E-state index contributed by atoms with van der Waals surface area (Å²) in [5, 5.41) is 14.3. The number of carboxylic acid groups (broad SMARTS) is 1. The Bertz CT molecular complexity index is 482. The first-order valence-corrected chi connectivity index (χ1v) is 6.48. The number of methoxy groups -OCH3 is 2. The molecule has 0 N–H and O–H groups in total. The fourth-order valence-corrected chi connectivity index (χ4v) is 2.14. The molecule has 114 valence electrons. The predicted molar refractivity (Wildman–Crippen MR) is 74.2 cm³/mol. The molecular formula is C14H18N3O4-. The molecule has 0 aromatic heterocycles. The largest absolute Gasteiger partial charge is 0.550 e. The van der Waals surface area contributed by atoms with Crippen LogP contribution in [0.3, 0.4) is 0 Å².